The van der Waals surface area contributed by atoms with E-state index < -0.39 is 0 Å². The monoisotopic (exact) mass is 444 g/mol. The summed E-state index contributed by atoms with van der Waals surface area (Å²) in [5.74, 6) is 1.85. The topological polar surface area (TPSA) is 9.23 Å². The van der Waals surface area contributed by atoms with Crippen molar-refractivity contribution in [3.05, 3.63) is 121 Å². The van der Waals surface area contributed by atoms with Gasteiger partial charge < -0.3 is 4.74 Å². The van der Waals surface area contributed by atoms with E-state index in [9.17, 15) is 0 Å². The molecule has 0 atom stereocenters. The molecule has 7 aromatic rings. The van der Waals surface area contributed by atoms with Crippen molar-refractivity contribution < 1.29 is 4.74 Å². The summed E-state index contributed by atoms with van der Waals surface area (Å²) in [5.41, 5.74) is 4.87. The summed E-state index contributed by atoms with van der Waals surface area (Å²) < 4.78 is 6.33. The lowest BCUT2D eigenvalue weighted by atomic mass is 9.88. The molecule has 8 rings (SSSR count). The Bertz CT molecular complexity index is 1980. The lowest BCUT2D eigenvalue weighted by molar-refractivity contribution is 0.487. The minimum Gasteiger partial charge on any atom is -0.456 e. The smallest absolute Gasteiger partial charge is 0.135 e. The van der Waals surface area contributed by atoms with Crippen LogP contribution in [0.3, 0.4) is 0 Å². The van der Waals surface area contributed by atoms with Crippen LogP contribution in [0.4, 0.5) is 0 Å². The van der Waals surface area contributed by atoms with Crippen LogP contribution in [-0.2, 0) is 0 Å². The largest absolute Gasteiger partial charge is 0.456 e. The maximum absolute atomic E-state index is 6.33. The van der Waals surface area contributed by atoms with Gasteiger partial charge in [0.1, 0.15) is 11.5 Å². The fraction of sp³-hybridized carbons (Fsp3) is 0. The first-order valence-corrected chi connectivity index (χ1v) is 12.0. The molecule has 0 unspecified atom stereocenters. The normalized spacial score (nSPS) is 12.2. The van der Waals surface area contributed by atoms with Gasteiger partial charge in [-0.15, -0.1) is 0 Å². The van der Waals surface area contributed by atoms with Crippen molar-refractivity contribution in [2.45, 2.75) is 0 Å². The predicted molar refractivity (Wildman–Crippen MR) is 147 cm³/mol. The molecule has 0 amide bonds. The third-order valence-corrected chi connectivity index (χ3v) is 7.43. The molecule has 0 N–H and O–H groups in total. The van der Waals surface area contributed by atoms with Crippen molar-refractivity contribution in [1.29, 1.82) is 0 Å². The Balaban J connectivity index is 1.44. The summed E-state index contributed by atoms with van der Waals surface area (Å²) in [6.07, 6.45) is 0. The van der Waals surface area contributed by atoms with Gasteiger partial charge in [-0.1, -0.05) is 97.1 Å². The Morgan fingerprint density at radius 3 is 1.97 bits per heavy atom. The Kier molecular flexibility index (Phi) is 3.72. The van der Waals surface area contributed by atoms with Gasteiger partial charge in [0.25, 0.3) is 0 Å². The fourth-order valence-corrected chi connectivity index (χ4v) is 5.83. The van der Waals surface area contributed by atoms with Crippen LogP contribution in [0.5, 0.6) is 11.5 Å². The first-order valence-electron chi connectivity index (χ1n) is 12.0. The molecule has 0 saturated heterocycles. The first kappa shape index (κ1) is 18.8. The fourth-order valence-electron chi connectivity index (χ4n) is 5.83. The average molecular weight is 445 g/mol. The van der Waals surface area contributed by atoms with Crippen molar-refractivity contribution >= 4 is 43.1 Å². The van der Waals surface area contributed by atoms with Crippen molar-refractivity contribution in [2.75, 3.05) is 0 Å². The van der Waals surface area contributed by atoms with Gasteiger partial charge in [-0.2, -0.15) is 0 Å². The maximum Gasteiger partial charge on any atom is 0.135 e. The number of hydrogen-bond acceptors (Lipinski definition) is 1. The van der Waals surface area contributed by atoms with Gasteiger partial charge in [-0.3, -0.25) is 0 Å². The molecular weight excluding hydrogens is 424 g/mol. The second-order valence-corrected chi connectivity index (χ2v) is 9.32. The summed E-state index contributed by atoms with van der Waals surface area (Å²) in [6.45, 7) is 0. The Morgan fingerprint density at radius 2 is 0.971 bits per heavy atom. The van der Waals surface area contributed by atoms with Gasteiger partial charge in [-0.25, -0.2) is 0 Å². The molecular formula is C34H20O. The second kappa shape index (κ2) is 6.94. The van der Waals surface area contributed by atoms with Crippen molar-refractivity contribution in [1.82, 2.24) is 0 Å². The quantitative estimate of drug-likeness (QED) is 0.181. The lowest BCUT2D eigenvalue weighted by Crippen LogP contribution is -1.97. The third kappa shape index (κ3) is 2.64. The highest BCUT2D eigenvalue weighted by atomic mass is 16.5. The van der Waals surface area contributed by atoms with E-state index in [4.69, 9.17) is 4.74 Å². The molecule has 1 aliphatic rings. The molecule has 1 nitrogen and oxygen atoms in total. The molecule has 0 saturated carbocycles. The molecule has 35 heavy (non-hydrogen) atoms. The van der Waals surface area contributed by atoms with E-state index in [1.165, 1.54) is 59.8 Å². The average Bonchev–Trinajstić information content (AvgIpc) is 2.92. The van der Waals surface area contributed by atoms with Gasteiger partial charge in [0.05, 0.1) is 0 Å². The molecule has 0 spiro atoms. The van der Waals surface area contributed by atoms with E-state index in [2.05, 4.69) is 109 Å². The van der Waals surface area contributed by atoms with E-state index in [1.54, 1.807) is 0 Å². The van der Waals surface area contributed by atoms with E-state index in [0.717, 1.165) is 17.1 Å². The number of benzene rings is 7. The van der Waals surface area contributed by atoms with E-state index in [0.29, 0.717) is 0 Å². The molecule has 162 valence electrons. The minimum atomic E-state index is 0.920. The van der Waals surface area contributed by atoms with Crippen LogP contribution < -0.4 is 4.74 Å². The predicted octanol–water partition coefficient (Wildman–Crippen LogP) is 9.74. The van der Waals surface area contributed by atoms with Crippen LogP contribution >= 0.6 is 0 Å². The Labute approximate surface area is 202 Å². The molecule has 1 heterocycles. The van der Waals surface area contributed by atoms with Crippen molar-refractivity contribution in [3.63, 3.8) is 0 Å². The summed E-state index contributed by atoms with van der Waals surface area (Å²) in [7, 11) is 0. The molecule has 1 aliphatic heterocycles. The third-order valence-electron chi connectivity index (χ3n) is 7.43. The zero-order chi connectivity index (χ0) is 22.9. The number of rotatable bonds is 1. The van der Waals surface area contributed by atoms with Crippen LogP contribution in [0.1, 0.15) is 0 Å². The Morgan fingerprint density at radius 1 is 0.343 bits per heavy atom. The van der Waals surface area contributed by atoms with Gasteiger partial charge in [-0.05, 0) is 78.7 Å². The van der Waals surface area contributed by atoms with Gasteiger partial charge in [0, 0.05) is 10.9 Å². The summed E-state index contributed by atoms with van der Waals surface area (Å²) in [6, 6.07) is 43.7. The van der Waals surface area contributed by atoms with Crippen molar-refractivity contribution in [2.24, 2.45) is 0 Å². The lowest BCUT2D eigenvalue weighted by Gasteiger charge is -2.22. The second-order valence-electron chi connectivity index (χ2n) is 9.32. The van der Waals surface area contributed by atoms with E-state index in [-0.39, 0.29) is 0 Å². The highest BCUT2D eigenvalue weighted by Crippen LogP contribution is 2.49. The highest BCUT2D eigenvalue weighted by Gasteiger charge is 2.21. The van der Waals surface area contributed by atoms with Crippen LogP contribution in [0.15, 0.2) is 121 Å². The van der Waals surface area contributed by atoms with Crippen LogP contribution in [-0.4, -0.2) is 0 Å². The van der Waals surface area contributed by atoms with Crippen LogP contribution in [0, 0.1) is 0 Å². The van der Waals surface area contributed by atoms with Gasteiger partial charge in [0.2, 0.25) is 0 Å². The molecule has 0 bridgehead atoms. The standard InChI is InChI=1S/C34H20O/c1-2-9-24-21(7-1)15-16-23-20-31-22(19-30(23)24)8-5-11-25(31)26-17-18-29-27-10-3-4-13-32(27)35-33-14-6-12-28(26)34(29)33/h1-20H. The van der Waals surface area contributed by atoms with E-state index in [1.807, 2.05) is 12.1 Å². The molecule has 7 aromatic carbocycles. The molecule has 1 heteroatoms. The van der Waals surface area contributed by atoms with Crippen LogP contribution in [0.25, 0.3) is 65.3 Å². The van der Waals surface area contributed by atoms with Gasteiger partial charge in [0.15, 0.2) is 0 Å². The molecule has 0 fully saturated rings. The number of para-hydroxylation sites is 1. The molecule has 0 radical (unpaired) electrons. The van der Waals surface area contributed by atoms with Crippen molar-refractivity contribution in [3.8, 4) is 33.8 Å². The number of ether oxygens (including phenoxy) is 1. The summed E-state index contributed by atoms with van der Waals surface area (Å²) in [4.78, 5) is 0. The van der Waals surface area contributed by atoms with Gasteiger partial charge >= 0.3 is 0 Å². The number of fused-ring (bicyclic) bond motifs is 6. The SMILES string of the molecule is c1ccc2c(c1)Oc1cccc3c(-c4cccc5cc6c(ccc7ccccc76)cc45)ccc-2c13. The maximum atomic E-state index is 6.33. The molecule has 0 aromatic heterocycles. The van der Waals surface area contributed by atoms with Crippen LogP contribution in [0.2, 0.25) is 0 Å². The van der Waals surface area contributed by atoms with E-state index >= 15 is 0 Å². The minimum absolute atomic E-state index is 0.920. The summed E-state index contributed by atoms with van der Waals surface area (Å²) in [5, 5.41) is 10.1. The summed E-state index contributed by atoms with van der Waals surface area (Å²) >= 11 is 0. The molecule has 0 aliphatic carbocycles. The Hall–Kier alpha value is -4.62. The number of hydrogen-bond donors (Lipinski definition) is 0. The first-order chi connectivity index (χ1) is 17.3. The zero-order valence-electron chi connectivity index (χ0n) is 19.0. The zero-order valence-corrected chi connectivity index (χ0v) is 19.0. The highest BCUT2D eigenvalue weighted by molar-refractivity contribution is 6.17.